The molecule has 32 heavy (non-hydrogen) atoms. The molecule has 4 atom stereocenters. The van der Waals surface area contributed by atoms with Crippen LogP contribution in [-0.4, -0.2) is 28.8 Å². The van der Waals surface area contributed by atoms with Crippen LogP contribution in [0.1, 0.15) is 55.8 Å². The topological polar surface area (TPSA) is 69.6 Å². The summed E-state index contributed by atoms with van der Waals surface area (Å²) in [4.78, 5) is 13.4. The molecule has 0 aliphatic heterocycles. The van der Waals surface area contributed by atoms with Gasteiger partial charge in [-0.15, -0.1) is 6.58 Å². The molecule has 2 aromatic carbocycles. The Hall–Kier alpha value is -1.85. The second kappa shape index (κ2) is 10.8. The van der Waals surface area contributed by atoms with Crippen molar-refractivity contribution in [1.29, 1.82) is 0 Å². The maximum Gasteiger partial charge on any atom is 0.226 e. The van der Waals surface area contributed by atoms with Crippen molar-refractivity contribution in [2.24, 2.45) is 11.3 Å². The van der Waals surface area contributed by atoms with Gasteiger partial charge < -0.3 is 15.5 Å². The third-order valence-corrected chi connectivity index (χ3v) is 6.87. The molecule has 2 aromatic rings. The number of nitrogens with one attached hydrogen (secondary N) is 1. The predicted octanol–water partition coefficient (Wildman–Crippen LogP) is 5.67. The molecular weight excluding hydrogens is 445 g/mol. The van der Waals surface area contributed by atoms with Gasteiger partial charge in [0.1, 0.15) is 0 Å². The summed E-state index contributed by atoms with van der Waals surface area (Å²) in [6.07, 6.45) is 3.71. The molecule has 0 bridgehead atoms. The van der Waals surface area contributed by atoms with Crippen LogP contribution in [0.15, 0.2) is 61.2 Å². The van der Waals surface area contributed by atoms with Crippen LogP contribution in [0.4, 0.5) is 0 Å². The van der Waals surface area contributed by atoms with Gasteiger partial charge in [-0.1, -0.05) is 60.5 Å². The summed E-state index contributed by atoms with van der Waals surface area (Å²) in [7, 11) is 0. The summed E-state index contributed by atoms with van der Waals surface area (Å²) < 4.78 is 0. The highest BCUT2D eigenvalue weighted by molar-refractivity contribution is 6.30. The Kier molecular flexibility index (Phi) is 8.40. The van der Waals surface area contributed by atoms with Crippen molar-refractivity contribution in [3.05, 3.63) is 82.4 Å². The zero-order chi connectivity index (χ0) is 23.3. The van der Waals surface area contributed by atoms with E-state index in [0.29, 0.717) is 34.4 Å². The highest BCUT2D eigenvalue weighted by Crippen LogP contribution is 2.43. The SMILES string of the molecule is C=CC[C@@](C)(C[C@H](c1cccc(Cl)c1)[C@@H](O)c1ccc(Cl)cc1)C(=O)N[C@H](CO)C1CC1. The van der Waals surface area contributed by atoms with Crippen LogP contribution in [0.2, 0.25) is 10.0 Å². The number of rotatable bonds is 11. The van der Waals surface area contributed by atoms with Gasteiger partial charge in [0.15, 0.2) is 0 Å². The average molecular weight is 476 g/mol. The van der Waals surface area contributed by atoms with Gasteiger partial charge in [-0.05, 0) is 67.0 Å². The van der Waals surface area contributed by atoms with E-state index in [-0.39, 0.29) is 24.5 Å². The van der Waals surface area contributed by atoms with Gasteiger partial charge in [0, 0.05) is 16.0 Å². The van der Waals surface area contributed by atoms with Crippen LogP contribution in [0.25, 0.3) is 0 Å². The van der Waals surface area contributed by atoms with Gasteiger partial charge in [-0.25, -0.2) is 0 Å². The molecule has 1 amide bonds. The summed E-state index contributed by atoms with van der Waals surface area (Å²) in [6, 6.07) is 14.2. The third kappa shape index (κ3) is 6.14. The highest BCUT2D eigenvalue weighted by atomic mass is 35.5. The molecule has 0 unspecified atom stereocenters. The van der Waals surface area contributed by atoms with Crippen LogP contribution < -0.4 is 5.32 Å². The lowest BCUT2D eigenvalue weighted by Crippen LogP contribution is -2.47. The Morgan fingerprint density at radius 1 is 1.19 bits per heavy atom. The lowest BCUT2D eigenvalue weighted by molar-refractivity contribution is -0.132. The summed E-state index contributed by atoms with van der Waals surface area (Å²) in [5.41, 5.74) is 0.737. The molecule has 172 valence electrons. The second-order valence-electron chi connectivity index (χ2n) is 9.02. The van der Waals surface area contributed by atoms with Gasteiger partial charge in [0.25, 0.3) is 0 Å². The Labute approximate surface area is 200 Å². The monoisotopic (exact) mass is 475 g/mol. The number of aliphatic hydroxyl groups excluding tert-OH is 2. The molecule has 3 rings (SSSR count). The van der Waals surface area contributed by atoms with E-state index in [1.165, 1.54) is 0 Å². The minimum Gasteiger partial charge on any atom is -0.394 e. The van der Waals surface area contributed by atoms with E-state index in [2.05, 4.69) is 11.9 Å². The average Bonchev–Trinajstić information content (AvgIpc) is 3.61. The van der Waals surface area contributed by atoms with E-state index >= 15 is 0 Å². The van der Waals surface area contributed by atoms with Crippen molar-refractivity contribution < 1.29 is 15.0 Å². The molecule has 0 aromatic heterocycles. The Morgan fingerprint density at radius 3 is 2.44 bits per heavy atom. The molecule has 1 aliphatic carbocycles. The molecule has 0 heterocycles. The van der Waals surface area contributed by atoms with Crippen LogP contribution >= 0.6 is 23.2 Å². The first-order valence-corrected chi connectivity index (χ1v) is 11.7. The van der Waals surface area contributed by atoms with Crippen molar-refractivity contribution in [3.8, 4) is 0 Å². The molecule has 0 spiro atoms. The largest absolute Gasteiger partial charge is 0.394 e. The number of allylic oxidation sites excluding steroid dienone is 1. The number of benzene rings is 2. The van der Waals surface area contributed by atoms with Gasteiger partial charge in [0.05, 0.1) is 24.2 Å². The first-order chi connectivity index (χ1) is 15.3. The fourth-order valence-electron chi connectivity index (χ4n) is 4.27. The van der Waals surface area contributed by atoms with Gasteiger partial charge >= 0.3 is 0 Å². The van der Waals surface area contributed by atoms with Crippen LogP contribution in [-0.2, 0) is 4.79 Å². The first-order valence-electron chi connectivity index (χ1n) is 11.0. The Morgan fingerprint density at radius 2 is 1.88 bits per heavy atom. The van der Waals surface area contributed by atoms with E-state index in [1.807, 2.05) is 25.1 Å². The number of hydrogen-bond acceptors (Lipinski definition) is 3. The normalized spacial score (nSPS) is 18.3. The standard InChI is InChI=1S/C26H31Cl2NO3/c1-3-13-26(2,25(32)29-23(16-30)17-7-8-17)15-22(19-5-4-6-21(28)14-19)24(31)18-9-11-20(27)12-10-18/h3-6,9-12,14,17,22-24,30-31H,1,7-8,13,15-16H2,2H3,(H,29,32)/t22-,23-,24+,26+/m1/s1. The minimum absolute atomic E-state index is 0.0777. The Balaban J connectivity index is 1.93. The van der Waals surface area contributed by atoms with E-state index in [9.17, 15) is 15.0 Å². The lowest BCUT2D eigenvalue weighted by atomic mass is 9.72. The van der Waals surface area contributed by atoms with E-state index in [0.717, 1.165) is 18.4 Å². The van der Waals surface area contributed by atoms with Crippen molar-refractivity contribution in [2.45, 2.75) is 50.7 Å². The van der Waals surface area contributed by atoms with Crippen LogP contribution in [0.3, 0.4) is 0 Å². The molecule has 1 saturated carbocycles. The van der Waals surface area contributed by atoms with Crippen LogP contribution in [0.5, 0.6) is 0 Å². The number of carbonyl (C=O) groups is 1. The van der Waals surface area contributed by atoms with Gasteiger partial charge in [-0.2, -0.15) is 0 Å². The first kappa shape index (κ1) is 24.8. The molecule has 1 fully saturated rings. The number of hydrogen-bond donors (Lipinski definition) is 3. The lowest BCUT2D eigenvalue weighted by Gasteiger charge is -2.35. The second-order valence-corrected chi connectivity index (χ2v) is 9.89. The zero-order valence-electron chi connectivity index (χ0n) is 18.3. The Bertz CT molecular complexity index is 929. The molecule has 1 aliphatic rings. The molecule has 3 N–H and O–H groups in total. The van der Waals surface area contributed by atoms with Crippen molar-refractivity contribution in [3.63, 3.8) is 0 Å². The summed E-state index contributed by atoms with van der Waals surface area (Å²) in [6.45, 7) is 5.66. The minimum atomic E-state index is -0.861. The maximum atomic E-state index is 13.4. The van der Waals surface area contributed by atoms with Crippen molar-refractivity contribution in [1.82, 2.24) is 5.32 Å². The maximum absolute atomic E-state index is 13.4. The summed E-state index contributed by atoms with van der Waals surface area (Å²) >= 11 is 12.3. The van der Waals surface area contributed by atoms with Gasteiger partial charge in [0.2, 0.25) is 5.91 Å². The highest BCUT2D eigenvalue weighted by Gasteiger charge is 2.40. The van der Waals surface area contributed by atoms with Crippen molar-refractivity contribution in [2.75, 3.05) is 6.61 Å². The number of amides is 1. The van der Waals surface area contributed by atoms with Gasteiger partial charge in [-0.3, -0.25) is 4.79 Å². The summed E-state index contributed by atoms with van der Waals surface area (Å²) in [5.74, 6) is -0.196. The number of aliphatic hydroxyl groups is 2. The van der Waals surface area contributed by atoms with E-state index < -0.39 is 11.5 Å². The predicted molar refractivity (Wildman–Crippen MR) is 130 cm³/mol. The smallest absolute Gasteiger partial charge is 0.226 e. The summed E-state index contributed by atoms with van der Waals surface area (Å²) in [5, 5.41) is 25.3. The zero-order valence-corrected chi connectivity index (χ0v) is 19.8. The van der Waals surface area contributed by atoms with Crippen LogP contribution in [0, 0.1) is 11.3 Å². The molecule has 0 radical (unpaired) electrons. The molecule has 0 saturated heterocycles. The third-order valence-electron chi connectivity index (χ3n) is 6.39. The molecular formula is C26H31Cl2NO3. The van der Waals surface area contributed by atoms with E-state index in [1.54, 1.807) is 36.4 Å². The fourth-order valence-corrected chi connectivity index (χ4v) is 4.59. The van der Waals surface area contributed by atoms with E-state index in [4.69, 9.17) is 23.2 Å². The fraction of sp³-hybridized carbons (Fsp3) is 0.423. The molecule has 6 heteroatoms. The number of halogens is 2. The quantitative estimate of drug-likeness (QED) is 0.366. The molecule has 4 nitrogen and oxygen atoms in total. The van der Waals surface area contributed by atoms with Crippen molar-refractivity contribution >= 4 is 29.1 Å². The number of carbonyl (C=O) groups excluding carboxylic acids is 1.